The molecule has 2 aliphatic heterocycles. The summed E-state index contributed by atoms with van der Waals surface area (Å²) in [6, 6.07) is 6.73. The Morgan fingerprint density at radius 2 is 1.88 bits per heavy atom. The first-order valence-electron chi connectivity index (χ1n) is 8.66. The number of halogens is 1. The SMILES string of the molecule is CN(C)S(=O)(=O)c1cccc(C(=O)N2CCC(N3CCNCC3)C2)c1.Cl. The zero-order valence-electron chi connectivity index (χ0n) is 15.2. The largest absolute Gasteiger partial charge is 0.337 e. The molecule has 2 saturated heterocycles. The molecule has 1 aromatic carbocycles. The van der Waals surface area contributed by atoms with E-state index >= 15 is 0 Å². The van der Waals surface area contributed by atoms with Gasteiger partial charge in [0.05, 0.1) is 4.90 Å². The fraction of sp³-hybridized carbons (Fsp3) is 0.588. The van der Waals surface area contributed by atoms with Crippen LogP contribution in [0.4, 0.5) is 0 Å². The molecule has 1 N–H and O–H groups in total. The van der Waals surface area contributed by atoms with Gasteiger partial charge >= 0.3 is 0 Å². The van der Waals surface area contributed by atoms with Gasteiger partial charge in [-0.15, -0.1) is 12.4 Å². The Labute approximate surface area is 161 Å². The third-order valence-electron chi connectivity index (χ3n) is 4.98. The summed E-state index contributed by atoms with van der Waals surface area (Å²) in [5.41, 5.74) is 0.434. The number of hydrogen-bond acceptors (Lipinski definition) is 5. The molecule has 0 spiro atoms. The van der Waals surface area contributed by atoms with E-state index in [0.29, 0.717) is 18.2 Å². The number of carbonyl (C=O) groups excluding carboxylic acids is 1. The third-order valence-corrected chi connectivity index (χ3v) is 6.79. The maximum absolute atomic E-state index is 12.8. The molecule has 2 aliphatic rings. The maximum Gasteiger partial charge on any atom is 0.253 e. The highest BCUT2D eigenvalue weighted by molar-refractivity contribution is 7.89. The molecule has 1 aromatic rings. The highest BCUT2D eigenvalue weighted by atomic mass is 35.5. The van der Waals surface area contributed by atoms with E-state index in [4.69, 9.17) is 0 Å². The minimum Gasteiger partial charge on any atom is -0.337 e. The molecule has 1 atom stereocenters. The van der Waals surface area contributed by atoms with Gasteiger partial charge in [-0.2, -0.15) is 0 Å². The second kappa shape index (κ2) is 8.67. The van der Waals surface area contributed by atoms with E-state index in [2.05, 4.69) is 10.2 Å². The quantitative estimate of drug-likeness (QED) is 0.793. The Kier molecular flexibility index (Phi) is 7.04. The Bertz CT molecular complexity index is 735. The third kappa shape index (κ3) is 4.37. The van der Waals surface area contributed by atoms with Crippen LogP contribution in [0.15, 0.2) is 29.2 Å². The van der Waals surface area contributed by atoms with Gasteiger partial charge < -0.3 is 10.2 Å². The lowest BCUT2D eigenvalue weighted by molar-refractivity contribution is 0.0773. The molecule has 1 amide bonds. The van der Waals surface area contributed by atoms with Crippen LogP contribution in [0.5, 0.6) is 0 Å². The van der Waals surface area contributed by atoms with Crippen LogP contribution in [0.3, 0.4) is 0 Å². The topological polar surface area (TPSA) is 73.0 Å². The molecule has 0 saturated carbocycles. The summed E-state index contributed by atoms with van der Waals surface area (Å²) < 4.78 is 25.7. The smallest absolute Gasteiger partial charge is 0.253 e. The number of piperazine rings is 1. The number of likely N-dealkylation sites (tertiary alicyclic amines) is 1. The van der Waals surface area contributed by atoms with Crippen LogP contribution in [0, 0.1) is 0 Å². The number of benzene rings is 1. The second-order valence-corrected chi connectivity index (χ2v) is 8.95. The number of rotatable bonds is 4. The molecular weight excluding hydrogens is 376 g/mol. The molecule has 3 rings (SSSR count). The Balaban J connectivity index is 0.00000243. The van der Waals surface area contributed by atoms with Crippen molar-refractivity contribution in [3.63, 3.8) is 0 Å². The van der Waals surface area contributed by atoms with Gasteiger partial charge in [-0.1, -0.05) is 6.07 Å². The summed E-state index contributed by atoms with van der Waals surface area (Å²) >= 11 is 0. The van der Waals surface area contributed by atoms with Crippen molar-refractivity contribution in [2.75, 3.05) is 53.4 Å². The number of hydrogen-bond donors (Lipinski definition) is 1. The normalized spacial score (nSPS) is 21.7. The number of nitrogens with zero attached hydrogens (tertiary/aromatic N) is 3. The van der Waals surface area contributed by atoms with E-state index in [1.54, 1.807) is 12.1 Å². The number of carbonyl (C=O) groups is 1. The van der Waals surface area contributed by atoms with E-state index in [0.717, 1.165) is 43.4 Å². The first kappa shape index (κ1) is 21.1. The van der Waals surface area contributed by atoms with Crippen molar-refractivity contribution < 1.29 is 13.2 Å². The van der Waals surface area contributed by atoms with Gasteiger partial charge in [0.2, 0.25) is 10.0 Å². The van der Waals surface area contributed by atoms with Gasteiger partial charge in [0.1, 0.15) is 0 Å². The molecule has 26 heavy (non-hydrogen) atoms. The highest BCUT2D eigenvalue weighted by Crippen LogP contribution is 2.21. The molecule has 0 radical (unpaired) electrons. The fourth-order valence-electron chi connectivity index (χ4n) is 3.45. The lowest BCUT2D eigenvalue weighted by Crippen LogP contribution is -2.49. The minimum atomic E-state index is -3.54. The molecule has 0 bridgehead atoms. The Morgan fingerprint density at radius 3 is 2.54 bits per heavy atom. The van der Waals surface area contributed by atoms with Crippen molar-refractivity contribution in [1.82, 2.24) is 19.4 Å². The van der Waals surface area contributed by atoms with Crippen LogP contribution in [0.25, 0.3) is 0 Å². The van der Waals surface area contributed by atoms with E-state index < -0.39 is 10.0 Å². The maximum atomic E-state index is 12.8. The second-order valence-electron chi connectivity index (χ2n) is 6.79. The van der Waals surface area contributed by atoms with Crippen LogP contribution in [0.2, 0.25) is 0 Å². The molecule has 0 aliphatic carbocycles. The van der Waals surface area contributed by atoms with Crippen LogP contribution >= 0.6 is 12.4 Å². The summed E-state index contributed by atoms with van der Waals surface area (Å²) in [7, 11) is -0.560. The van der Waals surface area contributed by atoms with Crippen LogP contribution < -0.4 is 5.32 Å². The lowest BCUT2D eigenvalue weighted by Gasteiger charge is -2.32. The Morgan fingerprint density at radius 1 is 1.19 bits per heavy atom. The average molecular weight is 403 g/mol. The number of nitrogens with one attached hydrogen (secondary N) is 1. The van der Waals surface area contributed by atoms with E-state index in [-0.39, 0.29) is 23.2 Å². The predicted molar refractivity (Wildman–Crippen MR) is 103 cm³/mol. The Hall–Kier alpha value is -1.19. The van der Waals surface area contributed by atoms with Gasteiger partial charge in [-0.3, -0.25) is 9.69 Å². The molecule has 2 fully saturated rings. The van der Waals surface area contributed by atoms with E-state index in [9.17, 15) is 13.2 Å². The molecule has 2 heterocycles. The fourth-order valence-corrected chi connectivity index (χ4v) is 4.40. The summed E-state index contributed by atoms with van der Waals surface area (Å²) in [6.07, 6.45) is 0.974. The predicted octanol–water partition coefficient (Wildman–Crippen LogP) is 0.478. The summed E-state index contributed by atoms with van der Waals surface area (Å²) in [5.74, 6) is -0.0894. The summed E-state index contributed by atoms with van der Waals surface area (Å²) in [5, 5.41) is 3.34. The standard InChI is InChI=1S/C17H26N4O3S.ClH/c1-19(2)25(23,24)16-5-3-4-14(12-16)17(22)21-9-6-15(13-21)20-10-7-18-8-11-20;/h3-5,12,15,18H,6-11,13H2,1-2H3;1H. The summed E-state index contributed by atoms with van der Waals surface area (Å²) in [4.78, 5) is 17.2. The summed E-state index contributed by atoms with van der Waals surface area (Å²) in [6.45, 7) is 5.46. The minimum absolute atomic E-state index is 0. The van der Waals surface area contributed by atoms with Crippen molar-refractivity contribution in [1.29, 1.82) is 0 Å². The van der Waals surface area contributed by atoms with Crippen LogP contribution in [-0.2, 0) is 10.0 Å². The van der Waals surface area contributed by atoms with Crippen molar-refractivity contribution in [3.05, 3.63) is 29.8 Å². The number of sulfonamides is 1. The lowest BCUT2D eigenvalue weighted by atomic mass is 10.2. The van der Waals surface area contributed by atoms with Crippen molar-refractivity contribution in [3.8, 4) is 0 Å². The van der Waals surface area contributed by atoms with Crippen molar-refractivity contribution in [2.45, 2.75) is 17.4 Å². The van der Waals surface area contributed by atoms with Crippen molar-refractivity contribution >= 4 is 28.3 Å². The van der Waals surface area contributed by atoms with Gasteiger partial charge in [0, 0.05) is 65.0 Å². The van der Waals surface area contributed by atoms with Gasteiger partial charge in [0.15, 0.2) is 0 Å². The first-order chi connectivity index (χ1) is 11.9. The van der Waals surface area contributed by atoms with Gasteiger partial charge in [-0.25, -0.2) is 12.7 Å². The zero-order valence-corrected chi connectivity index (χ0v) is 16.9. The van der Waals surface area contributed by atoms with Crippen LogP contribution in [0.1, 0.15) is 16.8 Å². The van der Waals surface area contributed by atoms with Crippen molar-refractivity contribution in [2.24, 2.45) is 0 Å². The zero-order chi connectivity index (χ0) is 18.0. The molecular formula is C17H27ClN4O3S. The van der Waals surface area contributed by atoms with Gasteiger partial charge in [0.25, 0.3) is 5.91 Å². The highest BCUT2D eigenvalue weighted by Gasteiger charge is 2.31. The average Bonchev–Trinajstić information content (AvgIpc) is 3.12. The van der Waals surface area contributed by atoms with Crippen LogP contribution in [-0.4, -0.2) is 87.8 Å². The number of amides is 1. The van der Waals surface area contributed by atoms with E-state index in [1.165, 1.54) is 26.2 Å². The molecule has 9 heteroatoms. The van der Waals surface area contributed by atoms with Gasteiger partial charge in [-0.05, 0) is 24.6 Å². The monoisotopic (exact) mass is 402 g/mol. The molecule has 1 unspecified atom stereocenters. The first-order valence-corrected chi connectivity index (χ1v) is 10.1. The molecule has 146 valence electrons. The molecule has 7 nitrogen and oxygen atoms in total. The molecule has 0 aromatic heterocycles. The van der Waals surface area contributed by atoms with E-state index in [1.807, 2.05) is 4.90 Å².